The number of hydrogen-bond acceptors (Lipinski definition) is 6. The molecule has 0 saturated heterocycles. The molecule has 1 unspecified atom stereocenters. The minimum Gasteiger partial charge on any atom is -0.462 e. The van der Waals surface area contributed by atoms with Gasteiger partial charge in [0, 0.05) is 19.3 Å². The van der Waals surface area contributed by atoms with Crippen LogP contribution < -0.4 is 0 Å². The molecule has 0 fully saturated rings. The largest absolute Gasteiger partial charge is 0.462 e. The lowest BCUT2D eigenvalue weighted by Gasteiger charge is -2.18. The molecule has 6 heteroatoms. The summed E-state index contributed by atoms with van der Waals surface area (Å²) in [4.78, 5) is 38.3. The van der Waals surface area contributed by atoms with Crippen molar-refractivity contribution >= 4 is 17.9 Å². The average molecular weight is 1110 g/mol. The molecule has 6 nitrogen and oxygen atoms in total. The number of rotatable bonds is 54. The van der Waals surface area contributed by atoms with Crippen molar-refractivity contribution in [1.29, 1.82) is 0 Å². The Labute approximate surface area is 496 Å². The highest BCUT2D eigenvalue weighted by Crippen LogP contribution is 2.12. The normalized spacial score (nSPS) is 13.6. The van der Waals surface area contributed by atoms with E-state index >= 15 is 0 Å². The lowest BCUT2D eigenvalue weighted by molar-refractivity contribution is -0.167. The number of unbranched alkanes of at least 4 members (excludes halogenated alkanes) is 9. The van der Waals surface area contributed by atoms with Crippen molar-refractivity contribution in [3.05, 3.63) is 207 Å². The van der Waals surface area contributed by atoms with E-state index in [0.717, 1.165) is 173 Å². The van der Waals surface area contributed by atoms with E-state index in [0.29, 0.717) is 19.3 Å². The van der Waals surface area contributed by atoms with E-state index in [9.17, 15) is 14.4 Å². The molecule has 81 heavy (non-hydrogen) atoms. The summed E-state index contributed by atoms with van der Waals surface area (Å²) in [7, 11) is 0. The first-order valence-electron chi connectivity index (χ1n) is 31.6. The van der Waals surface area contributed by atoms with E-state index in [2.05, 4.69) is 227 Å². The lowest BCUT2D eigenvalue weighted by atomic mass is 10.1. The number of hydrogen-bond donors (Lipinski definition) is 0. The van der Waals surface area contributed by atoms with Crippen LogP contribution >= 0.6 is 0 Å². The van der Waals surface area contributed by atoms with Crippen LogP contribution in [0.25, 0.3) is 0 Å². The molecule has 0 heterocycles. The van der Waals surface area contributed by atoms with Crippen molar-refractivity contribution in [1.82, 2.24) is 0 Å². The number of carbonyl (C=O) groups is 3. The van der Waals surface area contributed by atoms with E-state index in [-0.39, 0.29) is 44.0 Å². The van der Waals surface area contributed by atoms with Gasteiger partial charge in [-0.15, -0.1) is 0 Å². The Kier molecular flexibility index (Phi) is 61.6. The number of carbonyl (C=O) groups excluding carboxylic acids is 3. The first kappa shape index (κ1) is 75.0. The fraction of sp³-hybridized carbons (Fsp3) is 0.507. The second-order valence-corrected chi connectivity index (χ2v) is 19.8. The van der Waals surface area contributed by atoms with Crippen LogP contribution in [-0.2, 0) is 28.6 Å². The van der Waals surface area contributed by atoms with Gasteiger partial charge < -0.3 is 14.2 Å². The van der Waals surface area contributed by atoms with Gasteiger partial charge in [-0.1, -0.05) is 247 Å². The Morgan fingerprint density at radius 3 is 0.716 bits per heavy atom. The molecule has 1 atom stereocenters. The number of allylic oxidation sites excluding steroid dienone is 34. The third kappa shape index (κ3) is 64.7. The van der Waals surface area contributed by atoms with Crippen LogP contribution in [0.3, 0.4) is 0 Å². The van der Waals surface area contributed by atoms with Crippen LogP contribution in [0.4, 0.5) is 0 Å². The predicted molar refractivity (Wildman–Crippen MR) is 352 cm³/mol. The van der Waals surface area contributed by atoms with Gasteiger partial charge in [-0.25, -0.2) is 0 Å². The summed E-state index contributed by atoms with van der Waals surface area (Å²) < 4.78 is 16.8. The van der Waals surface area contributed by atoms with Crippen LogP contribution in [0, 0.1) is 0 Å². The summed E-state index contributed by atoms with van der Waals surface area (Å²) >= 11 is 0. The highest BCUT2D eigenvalue weighted by molar-refractivity contribution is 5.71. The second-order valence-electron chi connectivity index (χ2n) is 19.8. The molecule has 0 bridgehead atoms. The minimum atomic E-state index is -0.842. The SMILES string of the molecule is CC/C=C\C/C=C\C/C=C\C/C=C\C/C=C\C/C=C\C/C=C\C/C=C\CCCCC(=O)OCC(COC(=O)CCCCCCC/C=C\C/C=C\C/C=C\CC)OC(=O)CCCC/C=C\C/C=C\C/C=C\C/C=C\C/C=C\C/C=C\CC. The number of ether oxygens (including phenoxy) is 3. The van der Waals surface area contributed by atoms with Gasteiger partial charge in [-0.05, 0) is 167 Å². The van der Waals surface area contributed by atoms with Gasteiger partial charge in [0.15, 0.2) is 6.10 Å². The van der Waals surface area contributed by atoms with E-state index in [4.69, 9.17) is 14.2 Å². The summed E-state index contributed by atoms with van der Waals surface area (Å²) in [5, 5.41) is 0. The monoisotopic (exact) mass is 1110 g/mol. The molecule has 0 aliphatic carbocycles. The summed E-state index contributed by atoms with van der Waals surface area (Å²) in [6.45, 7) is 6.19. The Morgan fingerprint density at radius 1 is 0.247 bits per heavy atom. The van der Waals surface area contributed by atoms with E-state index in [1.54, 1.807) is 0 Å². The minimum absolute atomic E-state index is 0.131. The highest BCUT2D eigenvalue weighted by atomic mass is 16.6. The van der Waals surface area contributed by atoms with Gasteiger partial charge in [0.1, 0.15) is 13.2 Å². The predicted octanol–water partition coefficient (Wildman–Crippen LogP) is 22.0. The maximum atomic E-state index is 12.9. The summed E-state index contributed by atoms with van der Waals surface area (Å²) in [6.07, 6.45) is 103. The summed E-state index contributed by atoms with van der Waals surface area (Å²) in [5.74, 6) is -1.05. The van der Waals surface area contributed by atoms with Crippen molar-refractivity contribution < 1.29 is 28.6 Å². The van der Waals surface area contributed by atoms with Gasteiger partial charge in [0.05, 0.1) is 0 Å². The molecule has 0 aromatic carbocycles. The molecule has 0 aromatic rings. The van der Waals surface area contributed by atoms with Crippen LogP contribution in [-0.4, -0.2) is 37.2 Å². The Hall–Kier alpha value is -6.01. The fourth-order valence-electron chi connectivity index (χ4n) is 7.65. The smallest absolute Gasteiger partial charge is 0.306 e. The van der Waals surface area contributed by atoms with Gasteiger partial charge >= 0.3 is 17.9 Å². The van der Waals surface area contributed by atoms with Crippen LogP contribution in [0.5, 0.6) is 0 Å². The molecule has 0 aliphatic rings. The van der Waals surface area contributed by atoms with Crippen molar-refractivity contribution in [2.45, 2.75) is 232 Å². The Bertz CT molecular complexity index is 2000. The summed E-state index contributed by atoms with van der Waals surface area (Å²) in [6, 6.07) is 0. The van der Waals surface area contributed by atoms with E-state index in [1.165, 1.54) is 0 Å². The summed E-state index contributed by atoms with van der Waals surface area (Å²) in [5.41, 5.74) is 0. The number of esters is 3. The molecular formula is C75H112O6. The molecule has 0 saturated carbocycles. The Balaban J connectivity index is 4.59. The quantitative estimate of drug-likeness (QED) is 0.0261. The lowest BCUT2D eigenvalue weighted by Crippen LogP contribution is -2.30. The molecule has 0 aliphatic heterocycles. The van der Waals surface area contributed by atoms with Crippen molar-refractivity contribution in [3.63, 3.8) is 0 Å². The molecule has 0 rings (SSSR count). The van der Waals surface area contributed by atoms with Crippen LogP contribution in [0.1, 0.15) is 226 Å². The maximum Gasteiger partial charge on any atom is 0.306 e. The zero-order valence-electron chi connectivity index (χ0n) is 51.2. The maximum absolute atomic E-state index is 12.9. The molecule has 0 aromatic heterocycles. The van der Waals surface area contributed by atoms with Crippen molar-refractivity contribution in [3.8, 4) is 0 Å². The average Bonchev–Trinajstić information content (AvgIpc) is 3.47. The van der Waals surface area contributed by atoms with Crippen molar-refractivity contribution in [2.24, 2.45) is 0 Å². The Morgan fingerprint density at radius 2 is 0.444 bits per heavy atom. The first-order valence-corrected chi connectivity index (χ1v) is 31.6. The first-order chi connectivity index (χ1) is 40.0. The van der Waals surface area contributed by atoms with Gasteiger partial charge in [0.25, 0.3) is 0 Å². The molecule has 0 spiro atoms. The zero-order valence-corrected chi connectivity index (χ0v) is 51.2. The molecule has 448 valence electrons. The van der Waals surface area contributed by atoms with E-state index in [1.807, 2.05) is 0 Å². The topological polar surface area (TPSA) is 78.9 Å². The molecular weight excluding hydrogens is 997 g/mol. The van der Waals surface area contributed by atoms with Crippen molar-refractivity contribution in [2.75, 3.05) is 13.2 Å². The van der Waals surface area contributed by atoms with Gasteiger partial charge in [0.2, 0.25) is 0 Å². The van der Waals surface area contributed by atoms with Gasteiger partial charge in [-0.3, -0.25) is 14.4 Å². The van der Waals surface area contributed by atoms with E-state index < -0.39 is 6.10 Å². The fourth-order valence-corrected chi connectivity index (χ4v) is 7.65. The van der Waals surface area contributed by atoms with Crippen LogP contribution in [0.2, 0.25) is 0 Å². The zero-order chi connectivity index (χ0) is 58.5. The second kappa shape index (κ2) is 66.5. The standard InChI is InChI=1S/C75H112O6/c1-4-7-10-13-16-19-22-25-28-30-32-34-35-36-37-38-39-41-42-44-47-50-53-56-59-62-65-68-74(77)80-71-72(70-79-73(76)67-64-61-58-55-52-49-46-27-24-21-18-15-12-9-6-3)81-75(78)69-66-63-60-57-54-51-48-45-43-40-33-31-29-26-23-20-17-14-11-8-5-2/h7-12,16-21,25-29,32-34,36-37,39-41,44-48,53-54,56-57,72H,4-6,13-15,22-24,30-31,35,38,42-43,49-52,55,58-71H2,1-3H3/b10-7-,11-8-,12-9-,19-16-,20-17-,21-18-,28-25-,29-26-,34-32-,37-36-,40-33-,41-39-,46-27-,47-44-,48-45-,56-53-,57-54-. The third-order valence-corrected chi connectivity index (χ3v) is 12.3. The third-order valence-electron chi connectivity index (χ3n) is 12.3. The highest BCUT2D eigenvalue weighted by Gasteiger charge is 2.19. The van der Waals surface area contributed by atoms with Crippen LogP contribution in [0.15, 0.2) is 207 Å². The van der Waals surface area contributed by atoms with Gasteiger partial charge in [-0.2, -0.15) is 0 Å². The molecule has 0 N–H and O–H groups in total. The molecule has 0 radical (unpaired) electrons. The molecule has 0 amide bonds.